The second kappa shape index (κ2) is 3.66. The van der Waals surface area contributed by atoms with Crippen LogP contribution < -0.4 is 0 Å². The second-order valence-corrected chi connectivity index (χ2v) is 1.66. The van der Waals surface area contributed by atoms with Gasteiger partial charge in [-0.15, -0.1) is 0 Å². The van der Waals surface area contributed by atoms with Crippen molar-refractivity contribution in [1.29, 1.82) is 0 Å². The van der Waals surface area contributed by atoms with E-state index < -0.39 is 11.9 Å². The molecule has 0 aromatic rings. The van der Waals surface area contributed by atoms with Gasteiger partial charge in [0.1, 0.15) is 0 Å². The maximum atomic E-state index is 10.4. The molecule has 0 aliphatic rings. The largest absolute Gasteiger partial charge is 0.478 e. The van der Waals surface area contributed by atoms with Crippen LogP contribution in [0.5, 0.6) is 0 Å². The zero-order chi connectivity index (χ0) is 8.15. The summed E-state index contributed by atoms with van der Waals surface area (Å²) in [5.74, 6) is -1.77. The molecule has 10 heavy (non-hydrogen) atoms. The van der Waals surface area contributed by atoms with Gasteiger partial charge in [0.25, 0.3) is 0 Å². The predicted octanol–water partition coefficient (Wildman–Crippen LogP) is 0.190. The zero-order valence-corrected chi connectivity index (χ0v) is 5.75. The third-order valence-corrected chi connectivity index (χ3v) is 0.873. The first-order chi connectivity index (χ1) is 4.57. The number of aliphatic carboxylic acids is 1. The first-order valence-corrected chi connectivity index (χ1v) is 2.57. The molecule has 56 valence electrons. The molecule has 1 N–H and O–H groups in total. The Morgan fingerprint density at radius 2 is 2.00 bits per heavy atom. The summed E-state index contributed by atoms with van der Waals surface area (Å²) in [4.78, 5) is 20.4. The molecule has 0 unspecified atom stereocenters. The summed E-state index contributed by atoms with van der Waals surface area (Å²) in [5, 5.41) is 8.25. The van der Waals surface area contributed by atoms with E-state index in [9.17, 15) is 9.59 Å². The molecule has 0 bridgehead atoms. The van der Waals surface area contributed by atoms with Crippen LogP contribution in [0.25, 0.3) is 0 Å². The van der Waals surface area contributed by atoms with E-state index in [4.69, 9.17) is 5.11 Å². The summed E-state index contributed by atoms with van der Waals surface area (Å²) in [7, 11) is 1.19. The maximum Gasteiger partial charge on any atom is 0.331 e. The van der Waals surface area contributed by atoms with Gasteiger partial charge < -0.3 is 9.84 Å². The lowest BCUT2D eigenvalue weighted by Crippen LogP contribution is -2.02. The summed E-state index contributed by atoms with van der Waals surface area (Å²) < 4.78 is 4.19. The van der Waals surface area contributed by atoms with Crippen molar-refractivity contribution in [3.05, 3.63) is 11.6 Å². The molecule has 0 aliphatic carbocycles. The first-order valence-electron chi connectivity index (χ1n) is 2.57. The van der Waals surface area contributed by atoms with Crippen molar-refractivity contribution in [2.45, 2.75) is 6.92 Å². The molecule has 0 aromatic carbocycles. The third kappa shape index (κ3) is 2.86. The van der Waals surface area contributed by atoms with Crippen LogP contribution in [-0.2, 0) is 14.3 Å². The highest BCUT2D eigenvalue weighted by atomic mass is 16.5. The summed E-state index contributed by atoms with van der Waals surface area (Å²) in [6.45, 7) is 1.32. The van der Waals surface area contributed by atoms with Gasteiger partial charge in [0.2, 0.25) is 0 Å². The van der Waals surface area contributed by atoms with E-state index >= 15 is 0 Å². The van der Waals surface area contributed by atoms with Gasteiger partial charge in [-0.1, -0.05) is 0 Å². The van der Waals surface area contributed by atoms with Crippen LogP contribution in [0.2, 0.25) is 0 Å². The summed E-state index contributed by atoms with van der Waals surface area (Å²) >= 11 is 0. The van der Waals surface area contributed by atoms with E-state index in [0.29, 0.717) is 0 Å². The van der Waals surface area contributed by atoms with E-state index in [1.165, 1.54) is 14.0 Å². The van der Waals surface area contributed by atoms with Crippen molar-refractivity contribution < 1.29 is 19.4 Å². The highest BCUT2D eigenvalue weighted by Crippen LogP contribution is 1.91. The molecule has 0 saturated carbocycles. The Labute approximate surface area is 58.1 Å². The molecule has 0 amide bonds. The average Bonchev–Trinajstić information content (AvgIpc) is 1.87. The Morgan fingerprint density at radius 1 is 1.50 bits per heavy atom. The van der Waals surface area contributed by atoms with Gasteiger partial charge in [-0.2, -0.15) is 0 Å². The number of carbonyl (C=O) groups is 2. The van der Waals surface area contributed by atoms with Gasteiger partial charge >= 0.3 is 11.9 Å². The number of esters is 1. The van der Waals surface area contributed by atoms with Gasteiger partial charge in [-0.05, 0) is 6.92 Å². The minimum atomic E-state index is -1.12. The van der Waals surface area contributed by atoms with E-state index in [1.54, 1.807) is 0 Å². The number of methoxy groups -OCH3 is 1. The molecule has 0 atom stereocenters. The number of hydrogen-bond donors (Lipinski definition) is 1. The van der Waals surface area contributed by atoms with Crippen LogP contribution in [0.4, 0.5) is 0 Å². The molecular formula is C6H8O4. The van der Waals surface area contributed by atoms with Crippen LogP contribution in [0.3, 0.4) is 0 Å². The predicted molar refractivity (Wildman–Crippen MR) is 33.4 cm³/mol. The van der Waals surface area contributed by atoms with E-state index in [2.05, 4.69) is 4.74 Å². The molecule has 0 radical (unpaired) electrons. The second-order valence-electron chi connectivity index (χ2n) is 1.66. The van der Waals surface area contributed by atoms with Crippen molar-refractivity contribution in [2.75, 3.05) is 7.11 Å². The zero-order valence-electron chi connectivity index (χ0n) is 5.75. The number of hydrogen-bond acceptors (Lipinski definition) is 3. The highest BCUT2D eigenvalue weighted by Gasteiger charge is 2.02. The third-order valence-electron chi connectivity index (χ3n) is 0.873. The summed E-state index contributed by atoms with van der Waals surface area (Å²) in [6.07, 6.45) is 0.919. The molecule has 0 spiro atoms. The van der Waals surface area contributed by atoms with Gasteiger partial charge in [0.05, 0.1) is 7.11 Å². The van der Waals surface area contributed by atoms with Crippen LogP contribution in [0.15, 0.2) is 11.6 Å². The van der Waals surface area contributed by atoms with Crippen LogP contribution in [0.1, 0.15) is 6.92 Å². The molecule has 0 rings (SSSR count). The molecule has 0 aliphatic heterocycles. The number of ether oxygens (including phenoxy) is 1. The molecule has 4 nitrogen and oxygen atoms in total. The fourth-order valence-electron chi connectivity index (χ4n) is 0.297. The SMILES string of the molecule is COC(=O)/C=C(/C)C(=O)O. The number of carbonyl (C=O) groups excluding carboxylic acids is 1. The number of carboxylic acid groups (broad SMARTS) is 1. The Bertz CT molecular complexity index is 180. The molecule has 0 aromatic heterocycles. The van der Waals surface area contributed by atoms with Gasteiger partial charge in [0, 0.05) is 11.6 Å². The van der Waals surface area contributed by atoms with Gasteiger partial charge in [-0.3, -0.25) is 0 Å². The number of rotatable bonds is 2. The summed E-state index contributed by atoms with van der Waals surface area (Å²) in [5.41, 5.74) is -0.0353. The van der Waals surface area contributed by atoms with Crippen molar-refractivity contribution in [3.8, 4) is 0 Å². The molecule has 0 fully saturated rings. The average molecular weight is 144 g/mol. The van der Waals surface area contributed by atoms with Gasteiger partial charge in [-0.25, -0.2) is 9.59 Å². The van der Waals surface area contributed by atoms with E-state index in [-0.39, 0.29) is 5.57 Å². The first kappa shape index (κ1) is 8.68. The Morgan fingerprint density at radius 3 is 2.30 bits per heavy atom. The van der Waals surface area contributed by atoms with Crippen molar-refractivity contribution >= 4 is 11.9 Å². The Hall–Kier alpha value is -1.32. The molecular weight excluding hydrogens is 136 g/mol. The normalized spacial score (nSPS) is 10.8. The van der Waals surface area contributed by atoms with E-state index in [0.717, 1.165) is 6.08 Å². The topological polar surface area (TPSA) is 63.6 Å². The van der Waals surface area contributed by atoms with Crippen LogP contribution >= 0.6 is 0 Å². The highest BCUT2D eigenvalue weighted by molar-refractivity contribution is 5.94. The van der Waals surface area contributed by atoms with Crippen LogP contribution in [0, 0.1) is 0 Å². The standard InChI is InChI=1S/C6H8O4/c1-4(6(8)9)3-5(7)10-2/h3H,1-2H3,(H,8,9)/b4-3-. The maximum absolute atomic E-state index is 10.4. The monoisotopic (exact) mass is 144 g/mol. The van der Waals surface area contributed by atoms with Crippen LogP contribution in [-0.4, -0.2) is 24.2 Å². The number of carboxylic acids is 1. The minimum absolute atomic E-state index is 0.0353. The molecule has 0 heterocycles. The fourth-order valence-corrected chi connectivity index (χ4v) is 0.297. The summed E-state index contributed by atoms with van der Waals surface area (Å²) in [6, 6.07) is 0. The lowest BCUT2D eigenvalue weighted by Gasteiger charge is -1.91. The Balaban J connectivity index is 4.16. The lowest BCUT2D eigenvalue weighted by molar-refractivity contribution is -0.136. The smallest absolute Gasteiger partial charge is 0.331 e. The van der Waals surface area contributed by atoms with Crippen molar-refractivity contribution in [2.24, 2.45) is 0 Å². The minimum Gasteiger partial charge on any atom is -0.478 e. The molecule has 0 saturated heterocycles. The van der Waals surface area contributed by atoms with Crippen molar-refractivity contribution in [1.82, 2.24) is 0 Å². The van der Waals surface area contributed by atoms with Gasteiger partial charge in [0.15, 0.2) is 0 Å². The Kier molecular flexibility index (Phi) is 3.17. The molecule has 4 heteroatoms. The van der Waals surface area contributed by atoms with E-state index in [1.807, 2.05) is 0 Å². The lowest BCUT2D eigenvalue weighted by atomic mass is 10.3. The quantitative estimate of drug-likeness (QED) is 0.444. The fraction of sp³-hybridized carbons (Fsp3) is 0.333. The van der Waals surface area contributed by atoms with Crippen molar-refractivity contribution in [3.63, 3.8) is 0 Å².